The molecule has 0 saturated heterocycles. The zero-order valence-electron chi connectivity index (χ0n) is 12.2. The number of aliphatic hydroxyl groups excluding tert-OH is 1. The van der Waals surface area contributed by atoms with Gasteiger partial charge in [-0.25, -0.2) is 0 Å². The van der Waals surface area contributed by atoms with Crippen LogP contribution in [0, 0.1) is 6.92 Å². The van der Waals surface area contributed by atoms with Gasteiger partial charge in [-0.05, 0) is 26.8 Å². The molecule has 0 aliphatic rings. The third kappa shape index (κ3) is 3.23. The predicted molar refractivity (Wildman–Crippen MR) is 74.9 cm³/mol. The summed E-state index contributed by atoms with van der Waals surface area (Å²) in [6.45, 7) is 8.17. The maximum absolute atomic E-state index is 9.28. The second kappa shape index (κ2) is 6.75. The standard InChI is InChI=1S/C13H26N4O/c1-6-7-14-8-12-11(3)15-17(5)13(12)16(4)10(2)9-18/h10,14,18H,6-9H2,1-5H3. The molecule has 104 valence electrons. The highest BCUT2D eigenvalue weighted by Crippen LogP contribution is 2.23. The molecule has 0 aromatic carbocycles. The first-order valence-corrected chi connectivity index (χ1v) is 6.59. The fourth-order valence-corrected chi connectivity index (χ4v) is 2.06. The quantitative estimate of drug-likeness (QED) is 0.714. The molecule has 0 bridgehead atoms. The van der Waals surface area contributed by atoms with Crippen molar-refractivity contribution in [2.45, 2.75) is 39.8 Å². The molecule has 0 saturated carbocycles. The zero-order chi connectivity index (χ0) is 13.7. The van der Waals surface area contributed by atoms with Crippen molar-refractivity contribution in [2.75, 3.05) is 25.1 Å². The van der Waals surface area contributed by atoms with Gasteiger partial charge < -0.3 is 15.3 Å². The number of nitrogens with zero attached hydrogens (tertiary/aromatic N) is 3. The Hall–Kier alpha value is -1.07. The molecule has 18 heavy (non-hydrogen) atoms. The average molecular weight is 254 g/mol. The first kappa shape index (κ1) is 15.0. The minimum atomic E-state index is 0.0877. The van der Waals surface area contributed by atoms with Gasteiger partial charge >= 0.3 is 0 Å². The fraction of sp³-hybridized carbons (Fsp3) is 0.769. The van der Waals surface area contributed by atoms with Gasteiger partial charge in [0, 0.05) is 26.2 Å². The van der Waals surface area contributed by atoms with Crippen LogP contribution in [0.3, 0.4) is 0 Å². The Labute approximate surface area is 110 Å². The highest BCUT2D eigenvalue weighted by molar-refractivity contribution is 5.50. The molecule has 5 nitrogen and oxygen atoms in total. The van der Waals surface area contributed by atoms with Gasteiger partial charge in [-0.3, -0.25) is 4.68 Å². The molecule has 1 aromatic rings. The molecule has 0 fully saturated rings. The first-order chi connectivity index (χ1) is 8.52. The van der Waals surface area contributed by atoms with E-state index in [0.29, 0.717) is 0 Å². The molecular formula is C13H26N4O. The van der Waals surface area contributed by atoms with Gasteiger partial charge in [-0.2, -0.15) is 5.10 Å². The van der Waals surface area contributed by atoms with Crippen LogP contribution in [-0.4, -0.2) is 41.1 Å². The Bertz CT molecular complexity index is 375. The Morgan fingerprint density at radius 2 is 2.17 bits per heavy atom. The van der Waals surface area contributed by atoms with Crippen LogP contribution in [0.25, 0.3) is 0 Å². The summed E-state index contributed by atoms with van der Waals surface area (Å²) in [5.74, 6) is 1.08. The number of nitrogens with one attached hydrogen (secondary N) is 1. The van der Waals surface area contributed by atoms with E-state index in [4.69, 9.17) is 0 Å². The van der Waals surface area contributed by atoms with E-state index in [0.717, 1.165) is 31.0 Å². The van der Waals surface area contributed by atoms with Gasteiger partial charge in [0.25, 0.3) is 0 Å². The van der Waals surface area contributed by atoms with Crippen LogP contribution in [0.1, 0.15) is 31.5 Å². The lowest BCUT2D eigenvalue weighted by Gasteiger charge is -2.26. The average Bonchev–Trinajstić information content (AvgIpc) is 2.62. The van der Waals surface area contributed by atoms with Gasteiger partial charge in [-0.1, -0.05) is 6.92 Å². The summed E-state index contributed by atoms with van der Waals surface area (Å²) in [4.78, 5) is 2.09. The number of aromatic nitrogens is 2. The Morgan fingerprint density at radius 3 is 2.72 bits per heavy atom. The highest BCUT2D eigenvalue weighted by atomic mass is 16.3. The number of aliphatic hydroxyl groups is 1. The van der Waals surface area contributed by atoms with Crippen molar-refractivity contribution < 1.29 is 5.11 Å². The number of aryl methyl sites for hydroxylation is 2. The number of anilines is 1. The molecule has 1 unspecified atom stereocenters. The summed E-state index contributed by atoms with van der Waals surface area (Å²) in [7, 11) is 3.95. The zero-order valence-corrected chi connectivity index (χ0v) is 12.2. The second-order valence-electron chi connectivity index (χ2n) is 4.83. The van der Waals surface area contributed by atoms with Crippen molar-refractivity contribution in [1.29, 1.82) is 0 Å². The molecule has 1 aromatic heterocycles. The van der Waals surface area contributed by atoms with Crippen LogP contribution in [0.4, 0.5) is 5.82 Å². The molecule has 2 N–H and O–H groups in total. The van der Waals surface area contributed by atoms with E-state index in [1.54, 1.807) is 0 Å². The molecule has 0 radical (unpaired) electrons. The van der Waals surface area contributed by atoms with Gasteiger partial charge in [0.2, 0.25) is 0 Å². The number of hydrogen-bond donors (Lipinski definition) is 2. The second-order valence-corrected chi connectivity index (χ2v) is 4.83. The largest absolute Gasteiger partial charge is 0.394 e. The van der Waals surface area contributed by atoms with E-state index < -0.39 is 0 Å². The van der Waals surface area contributed by atoms with Gasteiger partial charge in [0.15, 0.2) is 0 Å². The molecular weight excluding hydrogens is 228 g/mol. The summed E-state index contributed by atoms with van der Waals surface area (Å²) >= 11 is 0. The minimum Gasteiger partial charge on any atom is -0.394 e. The van der Waals surface area contributed by atoms with Crippen molar-refractivity contribution in [3.05, 3.63) is 11.3 Å². The van der Waals surface area contributed by atoms with Crippen LogP contribution in [-0.2, 0) is 13.6 Å². The van der Waals surface area contributed by atoms with E-state index in [2.05, 4.69) is 22.2 Å². The SMILES string of the molecule is CCCNCc1c(C)nn(C)c1N(C)C(C)CO. The normalized spacial score (nSPS) is 12.8. The van der Waals surface area contributed by atoms with Crippen molar-refractivity contribution in [2.24, 2.45) is 7.05 Å². The molecule has 0 aliphatic heterocycles. The first-order valence-electron chi connectivity index (χ1n) is 6.59. The Morgan fingerprint density at radius 1 is 1.50 bits per heavy atom. The van der Waals surface area contributed by atoms with Crippen molar-refractivity contribution in [3.8, 4) is 0 Å². The van der Waals surface area contributed by atoms with E-state index in [1.165, 1.54) is 5.56 Å². The number of likely N-dealkylation sites (N-methyl/N-ethyl adjacent to an activating group) is 1. The molecule has 1 rings (SSSR count). The summed E-state index contributed by atoms with van der Waals surface area (Å²) in [5.41, 5.74) is 2.27. The topological polar surface area (TPSA) is 53.3 Å². The van der Waals surface area contributed by atoms with Crippen LogP contribution in [0.15, 0.2) is 0 Å². The van der Waals surface area contributed by atoms with E-state index in [-0.39, 0.29) is 12.6 Å². The third-order valence-electron chi connectivity index (χ3n) is 3.30. The summed E-state index contributed by atoms with van der Waals surface area (Å²) < 4.78 is 1.89. The smallest absolute Gasteiger partial charge is 0.131 e. The van der Waals surface area contributed by atoms with Crippen molar-refractivity contribution >= 4 is 5.82 Å². The van der Waals surface area contributed by atoms with Crippen molar-refractivity contribution in [1.82, 2.24) is 15.1 Å². The minimum absolute atomic E-state index is 0.0877. The lowest BCUT2D eigenvalue weighted by molar-refractivity contribution is 0.269. The Kier molecular flexibility index (Phi) is 5.62. The van der Waals surface area contributed by atoms with Gasteiger partial charge in [0.1, 0.15) is 5.82 Å². The van der Waals surface area contributed by atoms with E-state index in [9.17, 15) is 5.11 Å². The molecule has 0 aliphatic carbocycles. The summed E-state index contributed by atoms with van der Waals surface area (Å²) in [6, 6.07) is 0.0877. The molecule has 0 amide bonds. The molecule has 0 spiro atoms. The number of rotatable bonds is 7. The lowest BCUT2D eigenvalue weighted by atomic mass is 10.2. The monoisotopic (exact) mass is 254 g/mol. The lowest BCUT2D eigenvalue weighted by Crippen LogP contribution is -2.34. The molecule has 1 atom stereocenters. The van der Waals surface area contributed by atoms with Gasteiger partial charge in [0.05, 0.1) is 18.3 Å². The molecule has 1 heterocycles. The van der Waals surface area contributed by atoms with Crippen LogP contribution in [0.5, 0.6) is 0 Å². The summed E-state index contributed by atoms with van der Waals surface area (Å²) in [6.07, 6.45) is 1.12. The van der Waals surface area contributed by atoms with Gasteiger partial charge in [-0.15, -0.1) is 0 Å². The van der Waals surface area contributed by atoms with E-state index in [1.807, 2.05) is 32.6 Å². The van der Waals surface area contributed by atoms with Crippen LogP contribution < -0.4 is 10.2 Å². The number of hydrogen-bond acceptors (Lipinski definition) is 4. The third-order valence-corrected chi connectivity index (χ3v) is 3.30. The Balaban J connectivity index is 2.94. The molecule has 5 heteroatoms. The maximum atomic E-state index is 9.28. The summed E-state index contributed by atoms with van der Waals surface area (Å²) in [5, 5.41) is 17.2. The fourth-order valence-electron chi connectivity index (χ4n) is 2.06. The highest BCUT2D eigenvalue weighted by Gasteiger charge is 2.19. The van der Waals surface area contributed by atoms with Crippen LogP contribution >= 0.6 is 0 Å². The van der Waals surface area contributed by atoms with Crippen molar-refractivity contribution in [3.63, 3.8) is 0 Å². The van der Waals surface area contributed by atoms with Crippen LogP contribution in [0.2, 0.25) is 0 Å². The maximum Gasteiger partial charge on any atom is 0.131 e. The van der Waals surface area contributed by atoms with E-state index >= 15 is 0 Å². The predicted octanol–water partition coefficient (Wildman–Crippen LogP) is 1.05.